The summed E-state index contributed by atoms with van der Waals surface area (Å²) in [5.41, 5.74) is 0. The van der Waals surface area contributed by atoms with Crippen molar-refractivity contribution in [2.24, 2.45) is 0 Å². The van der Waals surface area contributed by atoms with Crippen LogP contribution in [-0.4, -0.2) is 108 Å². The fraction of sp³-hybridized carbons (Fsp3) is 0.860. The second-order valence-corrected chi connectivity index (χ2v) is 19.6. The number of hydrogen-bond acceptors (Lipinski definition) is 11. The lowest BCUT2D eigenvalue weighted by atomic mass is 9.85. The van der Waals surface area contributed by atoms with E-state index < -0.39 is 75.2 Å². The highest BCUT2D eigenvalue weighted by molar-refractivity contribution is 7.47. The molecule has 9 N–H and O–H groups in total. The van der Waals surface area contributed by atoms with Crippen LogP contribution in [0.15, 0.2) is 36.5 Å². The van der Waals surface area contributed by atoms with E-state index in [0.29, 0.717) is 19.3 Å². The van der Waals surface area contributed by atoms with Gasteiger partial charge in [-0.1, -0.05) is 198 Å². The number of unbranched alkanes of at least 4 members (excludes halogenated alkanes) is 25. The first-order valence-corrected chi connectivity index (χ1v) is 27.0. The van der Waals surface area contributed by atoms with E-state index in [1.54, 1.807) is 6.08 Å². The van der Waals surface area contributed by atoms with Crippen LogP contribution >= 0.6 is 7.82 Å². The summed E-state index contributed by atoms with van der Waals surface area (Å²) >= 11 is 0. The molecule has 1 fully saturated rings. The van der Waals surface area contributed by atoms with Gasteiger partial charge in [-0.2, -0.15) is 0 Å². The summed E-state index contributed by atoms with van der Waals surface area (Å²) in [7, 11) is -5.15. The minimum atomic E-state index is -5.15. The first-order chi connectivity index (χ1) is 30.8. The maximum Gasteiger partial charge on any atom is 0.472 e. The van der Waals surface area contributed by atoms with Gasteiger partial charge in [-0.25, -0.2) is 4.57 Å². The fourth-order valence-corrected chi connectivity index (χ4v) is 9.00. The molecule has 14 heteroatoms. The van der Waals surface area contributed by atoms with Crippen molar-refractivity contribution in [1.82, 2.24) is 5.32 Å². The molecule has 0 bridgehead atoms. The molecule has 8 unspecified atom stereocenters. The van der Waals surface area contributed by atoms with Gasteiger partial charge in [-0.05, 0) is 44.9 Å². The van der Waals surface area contributed by atoms with Crippen LogP contribution in [0.4, 0.5) is 0 Å². The number of amides is 1. The molecule has 0 heterocycles. The first-order valence-electron chi connectivity index (χ1n) is 25.5. The van der Waals surface area contributed by atoms with Crippen LogP contribution in [0.1, 0.15) is 213 Å². The number of hydrogen-bond donors (Lipinski definition) is 9. The standard InChI is InChI=1S/C50H94NO12P/c1-3-5-7-9-11-13-15-17-18-19-20-21-22-23-24-26-28-30-32-34-36-38-43(53)42(40-62-64(60,61)63-50-48(58)46(56)45(55)47(57)49(50)59)51-44(54)39-41(52)37-35-33-31-29-27-25-16-14-12-10-8-6-4-2/h22-23,28,30,36,38,41-43,45-50,52-53,55-59H,3-21,24-27,29,31-35,37,39-40H2,1-2H3,(H,51,54)(H,60,61)/b23-22+,30-28+,38-36+. The quantitative estimate of drug-likeness (QED) is 0.0159. The van der Waals surface area contributed by atoms with E-state index in [4.69, 9.17) is 9.05 Å². The topological polar surface area (TPSA) is 226 Å². The summed E-state index contributed by atoms with van der Waals surface area (Å²) in [6.07, 6.45) is 32.3. The summed E-state index contributed by atoms with van der Waals surface area (Å²) in [6, 6.07) is -1.26. The molecule has 0 saturated heterocycles. The van der Waals surface area contributed by atoms with Crippen LogP contribution in [0, 0.1) is 0 Å². The second-order valence-electron chi connectivity index (χ2n) is 18.2. The number of carbonyl (C=O) groups is 1. The highest BCUT2D eigenvalue weighted by Crippen LogP contribution is 2.47. The van der Waals surface area contributed by atoms with Gasteiger partial charge in [0.2, 0.25) is 5.91 Å². The molecule has 0 radical (unpaired) electrons. The van der Waals surface area contributed by atoms with Crippen molar-refractivity contribution in [3.63, 3.8) is 0 Å². The van der Waals surface area contributed by atoms with E-state index in [9.17, 15) is 50.0 Å². The zero-order chi connectivity index (χ0) is 47.3. The Morgan fingerprint density at radius 3 is 1.38 bits per heavy atom. The van der Waals surface area contributed by atoms with E-state index >= 15 is 0 Å². The van der Waals surface area contributed by atoms with Gasteiger partial charge in [-0.3, -0.25) is 13.8 Å². The molecule has 0 aromatic carbocycles. The summed E-state index contributed by atoms with van der Waals surface area (Å²) in [5, 5.41) is 74.6. The number of nitrogens with one attached hydrogen (secondary N) is 1. The van der Waals surface area contributed by atoms with Crippen LogP contribution in [0.2, 0.25) is 0 Å². The molecule has 0 spiro atoms. The number of aliphatic hydroxyl groups is 7. The molecular weight excluding hydrogens is 838 g/mol. The van der Waals surface area contributed by atoms with E-state index in [1.807, 2.05) is 0 Å². The maximum atomic E-state index is 13.0. The van der Waals surface area contributed by atoms with Crippen molar-refractivity contribution < 1.29 is 59.0 Å². The van der Waals surface area contributed by atoms with Crippen molar-refractivity contribution in [1.29, 1.82) is 0 Å². The molecule has 1 saturated carbocycles. The largest absolute Gasteiger partial charge is 0.472 e. The molecule has 0 aliphatic heterocycles. The van der Waals surface area contributed by atoms with Crippen molar-refractivity contribution in [2.45, 2.75) is 268 Å². The van der Waals surface area contributed by atoms with E-state index in [1.165, 1.54) is 134 Å². The summed E-state index contributed by atoms with van der Waals surface area (Å²) < 4.78 is 22.9. The minimum absolute atomic E-state index is 0.254. The Labute approximate surface area is 387 Å². The third-order valence-corrected chi connectivity index (χ3v) is 13.2. The van der Waals surface area contributed by atoms with Crippen LogP contribution < -0.4 is 5.32 Å². The highest BCUT2D eigenvalue weighted by Gasteiger charge is 2.51. The highest BCUT2D eigenvalue weighted by atomic mass is 31.2. The van der Waals surface area contributed by atoms with Gasteiger partial charge >= 0.3 is 7.82 Å². The molecule has 8 atom stereocenters. The van der Waals surface area contributed by atoms with Crippen molar-refractivity contribution in [3.8, 4) is 0 Å². The minimum Gasteiger partial charge on any atom is -0.393 e. The molecule has 13 nitrogen and oxygen atoms in total. The third-order valence-electron chi connectivity index (χ3n) is 12.2. The lowest BCUT2D eigenvalue weighted by Gasteiger charge is -2.41. The number of aliphatic hydroxyl groups excluding tert-OH is 7. The van der Waals surface area contributed by atoms with Crippen molar-refractivity contribution >= 4 is 13.7 Å². The maximum absolute atomic E-state index is 13.0. The van der Waals surface area contributed by atoms with Crippen molar-refractivity contribution in [2.75, 3.05) is 6.61 Å². The number of phosphoric ester groups is 1. The molecule has 1 aliphatic rings. The van der Waals surface area contributed by atoms with Crippen LogP contribution in [-0.2, 0) is 18.4 Å². The lowest BCUT2D eigenvalue weighted by molar-refractivity contribution is -0.220. The van der Waals surface area contributed by atoms with Crippen LogP contribution in [0.5, 0.6) is 0 Å². The van der Waals surface area contributed by atoms with E-state index in [-0.39, 0.29) is 6.42 Å². The average molecular weight is 932 g/mol. The molecule has 376 valence electrons. The summed E-state index contributed by atoms with van der Waals surface area (Å²) in [6.45, 7) is 3.74. The smallest absolute Gasteiger partial charge is 0.393 e. The average Bonchev–Trinajstić information content (AvgIpc) is 3.27. The van der Waals surface area contributed by atoms with Gasteiger partial charge in [0, 0.05) is 0 Å². The fourth-order valence-electron chi connectivity index (χ4n) is 8.04. The van der Waals surface area contributed by atoms with Crippen molar-refractivity contribution in [3.05, 3.63) is 36.5 Å². The molecule has 1 amide bonds. The second kappa shape index (κ2) is 39.5. The van der Waals surface area contributed by atoms with E-state index in [2.05, 4.69) is 43.5 Å². The number of carbonyl (C=O) groups excluding carboxylic acids is 1. The number of phosphoric acid groups is 1. The SMILES string of the molecule is CCCCCCCCCCCCC/C=C/CC/C=C/CC/C=C/C(O)C(COP(=O)(O)OC1C(O)C(O)C(O)C(O)C1O)NC(=O)CC(O)CCCCCCCCCCCCCCC. The zero-order valence-electron chi connectivity index (χ0n) is 39.9. The van der Waals surface area contributed by atoms with Gasteiger partial charge in [0.1, 0.15) is 36.6 Å². The molecule has 1 rings (SSSR count). The Morgan fingerprint density at radius 1 is 0.547 bits per heavy atom. The Bertz CT molecular complexity index is 1240. The Morgan fingerprint density at radius 2 is 0.922 bits per heavy atom. The summed E-state index contributed by atoms with van der Waals surface area (Å²) in [5.74, 6) is -0.605. The summed E-state index contributed by atoms with van der Waals surface area (Å²) in [4.78, 5) is 23.5. The van der Waals surface area contributed by atoms with Crippen LogP contribution in [0.25, 0.3) is 0 Å². The Hall–Kier alpha value is -1.48. The molecule has 0 aromatic heterocycles. The number of rotatable bonds is 42. The molecule has 64 heavy (non-hydrogen) atoms. The predicted molar refractivity (Wildman–Crippen MR) is 257 cm³/mol. The normalized spacial score (nSPS) is 23.0. The lowest BCUT2D eigenvalue weighted by Crippen LogP contribution is -2.64. The van der Waals surface area contributed by atoms with Gasteiger partial charge in [-0.15, -0.1) is 0 Å². The predicted octanol–water partition coefficient (Wildman–Crippen LogP) is 9.31. The molecule has 0 aromatic rings. The molecule has 1 aliphatic carbocycles. The van der Waals surface area contributed by atoms with Gasteiger partial charge in [0.25, 0.3) is 0 Å². The first kappa shape index (κ1) is 60.5. The Balaban J connectivity index is 2.53. The van der Waals surface area contributed by atoms with Gasteiger partial charge in [0.15, 0.2) is 0 Å². The molecular formula is C50H94NO12P. The van der Waals surface area contributed by atoms with E-state index in [0.717, 1.165) is 44.9 Å². The number of allylic oxidation sites excluding steroid dienone is 5. The monoisotopic (exact) mass is 932 g/mol. The van der Waals surface area contributed by atoms with Gasteiger partial charge in [0.05, 0.1) is 31.3 Å². The van der Waals surface area contributed by atoms with Crippen LogP contribution in [0.3, 0.4) is 0 Å². The third kappa shape index (κ3) is 30.7. The Kier molecular flexibility index (Phi) is 37.4. The van der Waals surface area contributed by atoms with Gasteiger partial charge < -0.3 is 46.0 Å². The zero-order valence-corrected chi connectivity index (χ0v) is 40.8.